The lowest BCUT2D eigenvalue weighted by Gasteiger charge is -2.18. The molecule has 156 valence electrons. The van der Waals surface area contributed by atoms with Crippen molar-refractivity contribution in [3.05, 3.63) is 82.8 Å². The number of benzene rings is 1. The van der Waals surface area contributed by atoms with Crippen LogP contribution in [0.1, 0.15) is 39.8 Å². The summed E-state index contributed by atoms with van der Waals surface area (Å²) in [5, 5.41) is 0. The molecule has 4 rings (SSSR count). The predicted octanol–water partition coefficient (Wildman–Crippen LogP) is 3.63. The molecule has 2 aromatic heterocycles. The Morgan fingerprint density at radius 2 is 1.90 bits per heavy atom. The lowest BCUT2D eigenvalue weighted by atomic mass is 10.0. The Morgan fingerprint density at radius 3 is 2.58 bits per heavy atom. The third kappa shape index (κ3) is 3.77. The van der Waals surface area contributed by atoms with Crippen molar-refractivity contribution in [3.8, 4) is 0 Å². The molecule has 0 aliphatic carbocycles. The fourth-order valence-electron chi connectivity index (χ4n) is 3.64. The third-order valence-electron chi connectivity index (χ3n) is 5.04. The van der Waals surface area contributed by atoms with Crippen molar-refractivity contribution >= 4 is 35.0 Å². The molecular formula is C24H22N4O3. The quantitative estimate of drug-likeness (QED) is 0.506. The van der Waals surface area contributed by atoms with Crippen LogP contribution in [0.5, 0.6) is 0 Å². The number of nitrogen functional groups attached to an aromatic ring is 1. The number of carbonyl (C=O) groups excluding carboxylic acids is 2. The number of nitrogens with zero attached hydrogens (tertiary/aromatic N) is 3. The topological polar surface area (TPSA) is 98.4 Å². The number of esters is 1. The van der Waals surface area contributed by atoms with Gasteiger partial charge in [-0.2, -0.15) is 0 Å². The van der Waals surface area contributed by atoms with Crippen LogP contribution in [0.2, 0.25) is 0 Å². The molecule has 31 heavy (non-hydrogen) atoms. The maximum atomic E-state index is 13.5. The van der Waals surface area contributed by atoms with Crippen molar-refractivity contribution in [2.75, 3.05) is 17.2 Å². The van der Waals surface area contributed by atoms with Crippen LogP contribution in [0.15, 0.2) is 54.7 Å². The predicted molar refractivity (Wildman–Crippen MR) is 119 cm³/mol. The number of pyridine rings is 2. The van der Waals surface area contributed by atoms with Gasteiger partial charge in [0.1, 0.15) is 11.4 Å². The van der Waals surface area contributed by atoms with Crippen LogP contribution >= 0.6 is 0 Å². The van der Waals surface area contributed by atoms with Crippen LogP contribution in [0, 0.1) is 6.92 Å². The van der Waals surface area contributed by atoms with Crippen molar-refractivity contribution < 1.29 is 14.3 Å². The summed E-state index contributed by atoms with van der Waals surface area (Å²) >= 11 is 0. The van der Waals surface area contributed by atoms with E-state index in [-0.39, 0.29) is 23.8 Å². The normalized spacial score (nSPS) is 14.1. The summed E-state index contributed by atoms with van der Waals surface area (Å²) in [6.07, 6.45) is 3.32. The van der Waals surface area contributed by atoms with Gasteiger partial charge in [0.15, 0.2) is 0 Å². The minimum atomic E-state index is -0.557. The summed E-state index contributed by atoms with van der Waals surface area (Å²) in [6, 6.07) is 15.1. The maximum absolute atomic E-state index is 13.5. The number of aromatic nitrogens is 2. The summed E-state index contributed by atoms with van der Waals surface area (Å²) in [4.78, 5) is 36.5. The van der Waals surface area contributed by atoms with Gasteiger partial charge in [-0.05, 0) is 37.6 Å². The number of amides is 1. The molecule has 3 aromatic rings. The molecule has 0 radical (unpaired) electrons. The third-order valence-corrected chi connectivity index (χ3v) is 5.04. The Morgan fingerprint density at radius 1 is 1.16 bits per heavy atom. The van der Waals surface area contributed by atoms with Crippen LogP contribution < -0.4 is 10.6 Å². The highest BCUT2D eigenvalue weighted by Gasteiger charge is 2.38. The van der Waals surface area contributed by atoms with Gasteiger partial charge < -0.3 is 10.5 Å². The van der Waals surface area contributed by atoms with Crippen LogP contribution in [0.3, 0.4) is 0 Å². The molecule has 0 atom stereocenters. The Bertz CT molecular complexity index is 1170. The van der Waals surface area contributed by atoms with E-state index < -0.39 is 5.97 Å². The molecule has 1 aliphatic rings. The van der Waals surface area contributed by atoms with Gasteiger partial charge >= 0.3 is 5.97 Å². The second-order valence-electron chi connectivity index (χ2n) is 7.09. The molecule has 3 heterocycles. The average molecular weight is 414 g/mol. The van der Waals surface area contributed by atoms with Gasteiger partial charge in [0.05, 0.1) is 41.4 Å². The Hall–Kier alpha value is -4.00. The van der Waals surface area contributed by atoms with E-state index >= 15 is 0 Å². The molecule has 1 aliphatic heterocycles. The molecule has 0 spiro atoms. The number of hydrogen-bond acceptors (Lipinski definition) is 6. The molecule has 1 amide bonds. The highest BCUT2D eigenvalue weighted by Crippen LogP contribution is 2.43. The summed E-state index contributed by atoms with van der Waals surface area (Å²) in [5.74, 6) is -0.373. The van der Waals surface area contributed by atoms with Crippen LogP contribution in [0.4, 0.5) is 11.5 Å². The van der Waals surface area contributed by atoms with E-state index in [1.807, 2.05) is 36.4 Å². The highest BCUT2D eigenvalue weighted by atomic mass is 16.5. The zero-order valence-corrected chi connectivity index (χ0v) is 17.3. The molecule has 1 aromatic carbocycles. The van der Waals surface area contributed by atoms with Gasteiger partial charge in [-0.3, -0.25) is 14.7 Å². The van der Waals surface area contributed by atoms with Crippen molar-refractivity contribution in [2.24, 2.45) is 0 Å². The molecule has 2 N–H and O–H groups in total. The number of rotatable bonds is 5. The van der Waals surface area contributed by atoms with Crippen molar-refractivity contribution in [1.82, 2.24) is 9.97 Å². The monoisotopic (exact) mass is 414 g/mol. The summed E-state index contributed by atoms with van der Waals surface area (Å²) in [7, 11) is 0. The lowest BCUT2D eigenvalue weighted by molar-refractivity contribution is -0.113. The van der Waals surface area contributed by atoms with Crippen LogP contribution in [-0.4, -0.2) is 28.5 Å². The maximum Gasteiger partial charge on any atom is 0.342 e. The lowest BCUT2D eigenvalue weighted by Crippen LogP contribution is -2.26. The van der Waals surface area contributed by atoms with Crippen molar-refractivity contribution in [2.45, 2.75) is 20.4 Å². The van der Waals surface area contributed by atoms with Crippen LogP contribution in [-0.2, 0) is 16.1 Å². The standard InChI is InChI=1S/C24H22N4O3/c1-3-31-24(30)19-15(2)27-22-20(21(19)25)18(13-17-11-7-8-12-26-17)23(29)28(22)14-16-9-5-4-6-10-16/h4-13H,3,14H2,1-2H3,(H2,25,27)/b18-13-. The fraction of sp³-hybridized carbons (Fsp3) is 0.167. The van der Waals surface area contributed by atoms with Gasteiger partial charge in [0.2, 0.25) is 0 Å². The number of nitrogens with two attached hydrogens (primary N) is 1. The van der Waals surface area contributed by atoms with E-state index in [4.69, 9.17) is 10.5 Å². The molecule has 7 heteroatoms. The van der Waals surface area contributed by atoms with Crippen molar-refractivity contribution in [1.29, 1.82) is 0 Å². The first-order valence-electron chi connectivity index (χ1n) is 9.97. The van der Waals surface area contributed by atoms with Gasteiger partial charge in [0.25, 0.3) is 5.91 Å². The second-order valence-corrected chi connectivity index (χ2v) is 7.09. The van der Waals surface area contributed by atoms with Gasteiger partial charge in [-0.25, -0.2) is 9.78 Å². The van der Waals surface area contributed by atoms with E-state index in [1.165, 1.54) is 0 Å². The Labute approximate surface area is 180 Å². The minimum absolute atomic E-state index is 0.182. The molecule has 0 saturated heterocycles. The number of hydrogen-bond donors (Lipinski definition) is 1. The molecule has 0 unspecified atom stereocenters. The summed E-state index contributed by atoms with van der Waals surface area (Å²) in [6.45, 7) is 3.96. The molecule has 0 bridgehead atoms. The highest BCUT2D eigenvalue weighted by molar-refractivity contribution is 6.37. The molecule has 0 fully saturated rings. The molecule has 0 saturated carbocycles. The number of carbonyl (C=O) groups is 2. The molecular weight excluding hydrogens is 392 g/mol. The summed E-state index contributed by atoms with van der Waals surface area (Å²) < 4.78 is 5.16. The van der Waals surface area contributed by atoms with E-state index in [1.54, 1.807) is 43.2 Å². The number of anilines is 2. The first-order valence-corrected chi connectivity index (χ1v) is 9.97. The molecule has 7 nitrogen and oxygen atoms in total. The van der Waals surface area contributed by atoms with Crippen molar-refractivity contribution in [3.63, 3.8) is 0 Å². The minimum Gasteiger partial charge on any atom is -0.462 e. The van der Waals surface area contributed by atoms with Gasteiger partial charge in [-0.15, -0.1) is 0 Å². The first kappa shape index (κ1) is 20.3. The van der Waals surface area contributed by atoms with Gasteiger partial charge in [0, 0.05) is 6.20 Å². The SMILES string of the molecule is CCOC(=O)c1c(C)nc2c(c1N)/C(=C/c1ccccn1)C(=O)N2Cc1ccccc1. The summed E-state index contributed by atoms with van der Waals surface area (Å²) in [5.41, 5.74) is 9.57. The van der Waals surface area contributed by atoms with E-state index in [0.29, 0.717) is 34.9 Å². The van der Waals surface area contributed by atoms with E-state index in [2.05, 4.69) is 9.97 Å². The van der Waals surface area contributed by atoms with Gasteiger partial charge in [-0.1, -0.05) is 36.4 Å². The fourth-order valence-corrected chi connectivity index (χ4v) is 3.64. The Kier molecular flexibility index (Phi) is 5.49. The zero-order valence-electron chi connectivity index (χ0n) is 17.3. The number of fused-ring (bicyclic) bond motifs is 1. The van der Waals surface area contributed by atoms with E-state index in [9.17, 15) is 9.59 Å². The smallest absolute Gasteiger partial charge is 0.342 e. The number of ether oxygens (including phenoxy) is 1. The average Bonchev–Trinajstić information content (AvgIpc) is 3.01. The first-order chi connectivity index (χ1) is 15.0. The zero-order chi connectivity index (χ0) is 22.0. The largest absolute Gasteiger partial charge is 0.462 e. The van der Waals surface area contributed by atoms with Crippen LogP contribution in [0.25, 0.3) is 11.6 Å². The van der Waals surface area contributed by atoms with E-state index in [0.717, 1.165) is 5.56 Å². The second kappa shape index (κ2) is 8.39. The number of aryl methyl sites for hydroxylation is 1. The Balaban J connectivity index is 1.90.